The van der Waals surface area contributed by atoms with Crippen molar-refractivity contribution in [2.45, 2.75) is 17.7 Å². The fourth-order valence-electron chi connectivity index (χ4n) is 2.34. The van der Waals surface area contributed by atoms with Crippen molar-refractivity contribution in [1.29, 1.82) is 5.26 Å². The Hall–Kier alpha value is -1.13. The Kier molecular flexibility index (Phi) is 4.66. The summed E-state index contributed by atoms with van der Waals surface area (Å²) in [6, 6.07) is 6.08. The van der Waals surface area contributed by atoms with Gasteiger partial charge in [0.05, 0.1) is 5.56 Å². The van der Waals surface area contributed by atoms with Crippen LogP contribution in [0.5, 0.6) is 0 Å². The van der Waals surface area contributed by atoms with Gasteiger partial charge in [-0.25, -0.2) is 8.42 Å². The van der Waals surface area contributed by atoms with E-state index in [1.54, 1.807) is 0 Å². The highest BCUT2D eigenvalue weighted by Crippen LogP contribution is 2.27. The van der Waals surface area contributed by atoms with Gasteiger partial charge in [0, 0.05) is 24.7 Å². The first kappa shape index (κ1) is 15.3. The number of aliphatic hydroxyl groups is 1. The Morgan fingerprint density at radius 2 is 2.25 bits per heavy atom. The number of nitriles is 1. The van der Waals surface area contributed by atoms with Gasteiger partial charge in [0.15, 0.2) is 0 Å². The first-order valence-corrected chi connectivity index (χ1v) is 8.11. The van der Waals surface area contributed by atoms with Crippen LogP contribution in [0.1, 0.15) is 18.4 Å². The van der Waals surface area contributed by atoms with E-state index in [0.717, 1.165) is 6.42 Å². The molecule has 1 fully saturated rings. The molecule has 0 radical (unpaired) electrons. The zero-order chi connectivity index (χ0) is 14.8. The van der Waals surface area contributed by atoms with Gasteiger partial charge >= 0.3 is 0 Å². The minimum atomic E-state index is -3.76. The summed E-state index contributed by atoms with van der Waals surface area (Å²) in [7, 11) is -3.76. The van der Waals surface area contributed by atoms with Crippen molar-refractivity contribution in [2.24, 2.45) is 5.92 Å². The molecule has 108 valence electrons. The number of nitrogens with zero attached hydrogens (tertiary/aromatic N) is 2. The minimum Gasteiger partial charge on any atom is -0.396 e. The summed E-state index contributed by atoms with van der Waals surface area (Å²) >= 11 is 5.84. The molecule has 1 heterocycles. The van der Waals surface area contributed by atoms with E-state index < -0.39 is 10.0 Å². The molecule has 1 aromatic carbocycles. The molecule has 0 aliphatic carbocycles. The molecule has 0 amide bonds. The Balaban J connectivity index is 2.40. The topological polar surface area (TPSA) is 81.4 Å². The molecule has 7 heteroatoms. The number of aliphatic hydroxyl groups excluding tert-OH is 1. The van der Waals surface area contributed by atoms with E-state index in [1.807, 2.05) is 6.07 Å². The number of sulfonamides is 1. The Morgan fingerprint density at radius 1 is 1.50 bits per heavy atom. The van der Waals surface area contributed by atoms with Crippen LogP contribution >= 0.6 is 11.6 Å². The largest absolute Gasteiger partial charge is 0.396 e. The monoisotopic (exact) mass is 314 g/mol. The summed E-state index contributed by atoms with van der Waals surface area (Å²) in [6.07, 6.45) is 1.51. The van der Waals surface area contributed by atoms with Crippen LogP contribution in [-0.4, -0.2) is 37.5 Å². The molecule has 1 N–H and O–H groups in total. The predicted octanol–water partition coefficient (Wildman–Crippen LogP) is 1.60. The molecular formula is C13H15ClN2O3S. The van der Waals surface area contributed by atoms with Crippen molar-refractivity contribution < 1.29 is 13.5 Å². The summed E-state index contributed by atoms with van der Waals surface area (Å²) in [6.45, 7) is 0.638. The van der Waals surface area contributed by atoms with Crippen molar-refractivity contribution in [3.05, 3.63) is 28.8 Å². The third-order valence-corrected chi connectivity index (χ3v) is 5.56. The van der Waals surface area contributed by atoms with Gasteiger partial charge in [-0.05, 0) is 37.0 Å². The number of benzene rings is 1. The van der Waals surface area contributed by atoms with Crippen LogP contribution in [0.25, 0.3) is 0 Å². The van der Waals surface area contributed by atoms with Gasteiger partial charge in [-0.1, -0.05) is 11.6 Å². The number of piperidine rings is 1. The van der Waals surface area contributed by atoms with Gasteiger partial charge in [-0.2, -0.15) is 9.57 Å². The molecule has 2 rings (SSSR count). The van der Waals surface area contributed by atoms with Crippen LogP contribution < -0.4 is 0 Å². The first-order chi connectivity index (χ1) is 9.48. The normalized spacial score (nSPS) is 20.6. The maximum atomic E-state index is 12.6. The van der Waals surface area contributed by atoms with Gasteiger partial charge in [0.25, 0.3) is 0 Å². The second-order valence-electron chi connectivity index (χ2n) is 4.81. The molecule has 1 saturated heterocycles. The molecule has 1 aliphatic rings. The first-order valence-electron chi connectivity index (χ1n) is 6.29. The highest BCUT2D eigenvalue weighted by Gasteiger charge is 2.31. The summed E-state index contributed by atoms with van der Waals surface area (Å²) in [4.78, 5) is -0.0638. The lowest BCUT2D eigenvalue weighted by Gasteiger charge is -2.31. The zero-order valence-corrected chi connectivity index (χ0v) is 12.4. The molecule has 0 saturated carbocycles. The molecule has 0 spiro atoms. The van der Waals surface area contributed by atoms with E-state index in [0.29, 0.717) is 13.0 Å². The summed E-state index contributed by atoms with van der Waals surface area (Å²) in [5.41, 5.74) is 0.0838. The number of hydrogen-bond acceptors (Lipinski definition) is 4. The van der Waals surface area contributed by atoms with E-state index in [9.17, 15) is 13.5 Å². The smallest absolute Gasteiger partial charge is 0.244 e. The van der Waals surface area contributed by atoms with Crippen molar-refractivity contribution in [1.82, 2.24) is 4.31 Å². The second-order valence-corrected chi connectivity index (χ2v) is 7.15. The van der Waals surface area contributed by atoms with Crippen LogP contribution in [0.4, 0.5) is 0 Å². The summed E-state index contributed by atoms with van der Waals surface area (Å²) in [5, 5.41) is 18.5. The quantitative estimate of drug-likeness (QED) is 0.919. The average molecular weight is 315 g/mol. The van der Waals surface area contributed by atoms with Crippen molar-refractivity contribution >= 4 is 21.6 Å². The third-order valence-electron chi connectivity index (χ3n) is 3.42. The Bertz CT molecular complexity index is 640. The van der Waals surface area contributed by atoms with Crippen LogP contribution in [0, 0.1) is 17.2 Å². The fraction of sp³-hybridized carbons (Fsp3) is 0.462. The highest BCUT2D eigenvalue weighted by atomic mass is 35.5. The summed E-state index contributed by atoms with van der Waals surface area (Å²) < 4.78 is 26.6. The Labute approximate surface area is 123 Å². The predicted molar refractivity (Wildman–Crippen MR) is 74.7 cm³/mol. The molecule has 1 aliphatic heterocycles. The van der Waals surface area contributed by atoms with Crippen LogP contribution in [0.15, 0.2) is 23.1 Å². The van der Waals surface area contributed by atoms with Gasteiger partial charge in [-0.15, -0.1) is 0 Å². The van der Waals surface area contributed by atoms with Gasteiger partial charge in [0.1, 0.15) is 11.0 Å². The highest BCUT2D eigenvalue weighted by molar-refractivity contribution is 7.89. The van der Waals surface area contributed by atoms with Gasteiger partial charge in [0.2, 0.25) is 10.0 Å². The van der Waals surface area contributed by atoms with Crippen LogP contribution in [-0.2, 0) is 10.0 Å². The standard InChI is InChI=1S/C13H15ClN2O3S/c14-12-4-3-11(7-15)13(6-12)20(18,19)16-5-1-2-10(8-16)9-17/h3-4,6,10,17H,1-2,5,8-9H2. The second kappa shape index (κ2) is 6.10. The lowest BCUT2D eigenvalue weighted by Crippen LogP contribution is -2.41. The lowest BCUT2D eigenvalue weighted by atomic mass is 10.0. The maximum absolute atomic E-state index is 12.6. The molecule has 5 nitrogen and oxygen atoms in total. The fourth-order valence-corrected chi connectivity index (χ4v) is 4.29. The summed E-state index contributed by atoms with van der Waals surface area (Å²) in [5.74, 6) is -0.0526. The molecule has 0 aromatic heterocycles. The number of hydrogen-bond donors (Lipinski definition) is 1. The lowest BCUT2D eigenvalue weighted by molar-refractivity contribution is 0.165. The van der Waals surface area contributed by atoms with E-state index in [-0.39, 0.29) is 34.6 Å². The van der Waals surface area contributed by atoms with Gasteiger partial charge < -0.3 is 5.11 Å². The molecule has 1 atom stereocenters. The maximum Gasteiger partial charge on any atom is 0.244 e. The molecule has 1 aromatic rings. The van der Waals surface area contributed by atoms with Crippen molar-refractivity contribution in [3.63, 3.8) is 0 Å². The molecule has 20 heavy (non-hydrogen) atoms. The number of rotatable bonds is 3. The van der Waals surface area contributed by atoms with Gasteiger partial charge in [-0.3, -0.25) is 0 Å². The average Bonchev–Trinajstić information content (AvgIpc) is 2.47. The minimum absolute atomic E-state index is 0.0350. The number of halogens is 1. The van der Waals surface area contributed by atoms with Crippen LogP contribution in [0.2, 0.25) is 5.02 Å². The molecule has 0 bridgehead atoms. The third kappa shape index (κ3) is 2.96. The molecule has 1 unspecified atom stereocenters. The van der Waals surface area contributed by atoms with E-state index in [2.05, 4.69) is 0 Å². The zero-order valence-electron chi connectivity index (χ0n) is 10.8. The Morgan fingerprint density at radius 3 is 2.90 bits per heavy atom. The van der Waals surface area contributed by atoms with E-state index in [4.69, 9.17) is 16.9 Å². The molecular weight excluding hydrogens is 300 g/mol. The van der Waals surface area contributed by atoms with Crippen LogP contribution in [0.3, 0.4) is 0 Å². The van der Waals surface area contributed by atoms with E-state index in [1.165, 1.54) is 22.5 Å². The SMILES string of the molecule is N#Cc1ccc(Cl)cc1S(=O)(=O)N1CCCC(CO)C1. The van der Waals surface area contributed by atoms with Crippen molar-refractivity contribution in [3.8, 4) is 6.07 Å². The van der Waals surface area contributed by atoms with Crippen molar-refractivity contribution in [2.75, 3.05) is 19.7 Å². The van der Waals surface area contributed by atoms with E-state index >= 15 is 0 Å².